The van der Waals surface area contributed by atoms with E-state index >= 15 is 0 Å². The predicted octanol–water partition coefficient (Wildman–Crippen LogP) is 2.08. The summed E-state index contributed by atoms with van der Waals surface area (Å²) in [5, 5.41) is 0.514. The minimum absolute atomic E-state index is 0.0741. The molecule has 2 heterocycles. The summed E-state index contributed by atoms with van der Waals surface area (Å²) in [5.74, 6) is 0.780. The molecule has 0 aliphatic carbocycles. The van der Waals surface area contributed by atoms with Gasteiger partial charge in [-0.3, -0.25) is 4.79 Å². The van der Waals surface area contributed by atoms with E-state index in [2.05, 4.69) is 9.97 Å². The zero-order valence-corrected chi connectivity index (χ0v) is 9.94. The number of carbonyl (C=O) groups excluding carboxylic acids is 1. The van der Waals surface area contributed by atoms with Crippen molar-refractivity contribution in [3.63, 3.8) is 0 Å². The first kappa shape index (κ1) is 11.3. The lowest BCUT2D eigenvalue weighted by Gasteiger charge is -2.33. The summed E-state index contributed by atoms with van der Waals surface area (Å²) in [6.45, 7) is 2.46. The van der Waals surface area contributed by atoms with E-state index in [1.807, 2.05) is 4.90 Å². The third-order valence-corrected chi connectivity index (χ3v) is 3.03. The van der Waals surface area contributed by atoms with Gasteiger partial charge in [0.15, 0.2) is 5.78 Å². The Labute approximate surface area is 99.6 Å². The molecule has 4 nitrogen and oxygen atoms in total. The summed E-state index contributed by atoms with van der Waals surface area (Å²) in [7, 11) is 0. The molecule has 1 aromatic heterocycles. The number of rotatable bonds is 2. The molecule has 1 atom stereocenters. The van der Waals surface area contributed by atoms with Crippen molar-refractivity contribution < 1.29 is 4.79 Å². The van der Waals surface area contributed by atoms with Gasteiger partial charge in [0.05, 0.1) is 23.5 Å². The second-order valence-corrected chi connectivity index (χ2v) is 4.45. The molecular weight excluding hydrogens is 226 g/mol. The second kappa shape index (κ2) is 4.78. The Morgan fingerprint density at radius 2 is 2.12 bits per heavy atom. The van der Waals surface area contributed by atoms with Crippen LogP contribution >= 0.6 is 11.6 Å². The van der Waals surface area contributed by atoms with Gasteiger partial charge < -0.3 is 4.90 Å². The molecule has 1 unspecified atom stereocenters. The number of hydrogen-bond donors (Lipinski definition) is 0. The Morgan fingerprint density at radius 3 is 2.75 bits per heavy atom. The van der Waals surface area contributed by atoms with Gasteiger partial charge in [0.2, 0.25) is 5.95 Å². The van der Waals surface area contributed by atoms with Crippen molar-refractivity contribution >= 4 is 23.3 Å². The molecular formula is C11H14ClN3O. The summed E-state index contributed by atoms with van der Waals surface area (Å²) in [4.78, 5) is 21.8. The highest BCUT2D eigenvalue weighted by molar-refractivity contribution is 6.30. The highest BCUT2D eigenvalue weighted by Gasteiger charge is 2.27. The molecule has 16 heavy (non-hydrogen) atoms. The Hall–Kier alpha value is -1.16. The lowest BCUT2D eigenvalue weighted by Crippen LogP contribution is -2.44. The monoisotopic (exact) mass is 239 g/mol. The average Bonchev–Trinajstić information content (AvgIpc) is 2.30. The zero-order valence-electron chi connectivity index (χ0n) is 9.19. The number of anilines is 1. The van der Waals surface area contributed by atoms with Crippen LogP contribution < -0.4 is 4.90 Å². The summed E-state index contributed by atoms with van der Waals surface area (Å²) in [5.41, 5.74) is 0. The highest BCUT2D eigenvalue weighted by atomic mass is 35.5. The molecule has 0 radical (unpaired) electrons. The van der Waals surface area contributed by atoms with E-state index in [9.17, 15) is 4.79 Å². The molecule has 1 saturated heterocycles. The zero-order chi connectivity index (χ0) is 11.5. The van der Waals surface area contributed by atoms with Crippen molar-refractivity contribution in [2.24, 2.45) is 0 Å². The Balaban J connectivity index is 2.23. The Bertz CT molecular complexity index is 379. The maximum absolute atomic E-state index is 11.5. The van der Waals surface area contributed by atoms with Gasteiger partial charge in [-0.15, -0.1) is 0 Å². The van der Waals surface area contributed by atoms with Crippen molar-refractivity contribution in [3.8, 4) is 0 Å². The van der Waals surface area contributed by atoms with Crippen LogP contribution in [0, 0.1) is 0 Å². The molecule has 5 heteroatoms. The molecule has 2 rings (SSSR count). The number of piperidine rings is 1. The number of Topliss-reactive ketones (excluding diaryl/α,β-unsaturated/α-hetero) is 1. The molecule has 1 fully saturated rings. The van der Waals surface area contributed by atoms with E-state index in [1.54, 1.807) is 19.3 Å². The normalized spacial score (nSPS) is 20.9. The lowest BCUT2D eigenvalue weighted by molar-refractivity contribution is -0.118. The molecule has 0 bridgehead atoms. The van der Waals surface area contributed by atoms with Crippen molar-refractivity contribution in [2.45, 2.75) is 32.2 Å². The van der Waals surface area contributed by atoms with Gasteiger partial charge in [0.1, 0.15) is 0 Å². The van der Waals surface area contributed by atoms with Crippen LogP contribution in [0.2, 0.25) is 5.02 Å². The summed E-state index contributed by atoms with van der Waals surface area (Å²) < 4.78 is 0. The first-order valence-electron chi connectivity index (χ1n) is 5.43. The van der Waals surface area contributed by atoms with Gasteiger partial charge in [-0.05, 0) is 26.2 Å². The largest absolute Gasteiger partial charge is 0.331 e. The fourth-order valence-electron chi connectivity index (χ4n) is 2.05. The molecule has 86 valence electrons. The molecule has 1 aliphatic heterocycles. The number of hydrogen-bond acceptors (Lipinski definition) is 4. The van der Waals surface area contributed by atoms with Crippen LogP contribution in [-0.4, -0.2) is 28.3 Å². The van der Waals surface area contributed by atoms with Crippen LogP contribution in [0.5, 0.6) is 0 Å². The van der Waals surface area contributed by atoms with Crippen molar-refractivity contribution in [1.82, 2.24) is 9.97 Å². The van der Waals surface area contributed by atoms with Gasteiger partial charge in [-0.2, -0.15) is 0 Å². The summed E-state index contributed by atoms with van der Waals surface area (Å²) in [6, 6.07) is -0.0741. The van der Waals surface area contributed by atoms with E-state index in [0.717, 1.165) is 25.8 Å². The Kier molecular flexibility index (Phi) is 3.39. The molecule has 0 amide bonds. The molecule has 1 aromatic rings. The van der Waals surface area contributed by atoms with Crippen molar-refractivity contribution in [3.05, 3.63) is 17.4 Å². The third-order valence-electron chi connectivity index (χ3n) is 2.84. The van der Waals surface area contributed by atoms with E-state index < -0.39 is 0 Å². The molecule has 0 N–H and O–H groups in total. The van der Waals surface area contributed by atoms with Gasteiger partial charge >= 0.3 is 0 Å². The minimum atomic E-state index is -0.0741. The standard InChI is InChI=1S/C11H14ClN3O/c1-8(16)10-4-2-3-5-15(10)11-13-6-9(12)7-14-11/h6-7,10H,2-5H2,1H3. The highest BCUT2D eigenvalue weighted by Crippen LogP contribution is 2.22. The maximum atomic E-state index is 11.5. The van der Waals surface area contributed by atoms with E-state index in [0.29, 0.717) is 11.0 Å². The predicted molar refractivity (Wildman–Crippen MR) is 62.7 cm³/mol. The fraction of sp³-hybridized carbons (Fsp3) is 0.545. The third kappa shape index (κ3) is 2.32. The maximum Gasteiger partial charge on any atom is 0.225 e. The smallest absolute Gasteiger partial charge is 0.225 e. The van der Waals surface area contributed by atoms with Gasteiger partial charge in [0, 0.05) is 6.54 Å². The van der Waals surface area contributed by atoms with Crippen LogP contribution in [0.25, 0.3) is 0 Å². The van der Waals surface area contributed by atoms with Crippen LogP contribution in [0.15, 0.2) is 12.4 Å². The van der Waals surface area contributed by atoms with Crippen LogP contribution in [0.3, 0.4) is 0 Å². The SMILES string of the molecule is CC(=O)C1CCCCN1c1ncc(Cl)cn1. The number of halogens is 1. The molecule has 0 saturated carbocycles. The van der Waals surface area contributed by atoms with E-state index in [-0.39, 0.29) is 11.8 Å². The van der Waals surface area contributed by atoms with Crippen molar-refractivity contribution in [1.29, 1.82) is 0 Å². The number of carbonyl (C=O) groups is 1. The summed E-state index contributed by atoms with van der Waals surface area (Å²) in [6.07, 6.45) is 6.19. The van der Waals surface area contributed by atoms with E-state index in [4.69, 9.17) is 11.6 Å². The first-order valence-corrected chi connectivity index (χ1v) is 5.81. The van der Waals surface area contributed by atoms with Gasteiger partial charge in [0.25, 0.3) is 0 Å². The Morgan fingerprint density at radius 1 is 1.44 bits per heavy atom. The minimum Gasteiger partial charge on any atom is -0.331 e. The summed E-state index contributed by atoms with van der Waals surface area (Å²) >= 11 is 5.74. The van der Waals surface area contributed by atoms with Crippen LogP contribution in [0.1, 0.15) is 26.2 Å². The lowest BCUT2D eigenvalue weighted by atomic mass is 10.00. The van der Waals surface area contributed by atoms with E-state index in [1.165, 1.54) is 0 Å². The number of ketones is 1. The van der Waals surface area contributed by atoms with Crippen LogP contribution in [-0.2, 0) is 4.79 Å². The fourth-order valence-corrected chi connectivity index (χ4v) is 2.14. The van der Waals surface area contributed by atoms with Gasteiger partial charge in [-0.1, -0.05) is 11.6 Å². The number of aromatic nitrogens is 2. The molecule has 0 aromatic carbocycles. The first-order chi connectivity index (χ1) is 7.68. The second-order valence-electron chi connectivity index (χ2n) is 4.02. The quantitative estimate of drug-likeness (QED) is 0.793. The van der Waals surface area contributed by atoms with Crippen LogP contribution in [0.4, 0.5) is 5.95 Å². The van der Waals surface area contributed by atoms with Gasteiger partial charge in [-0.25, -0.2) is 9.97 Å². The number of nitrogens with zero attached hydrogens (tertiary/aromatic N) is 3. The molecule has 0 spiro atoms. The average molecular weight is 240 g/mol. The van der Waals surface area contributed by atoms with Crippen molar-refractivity contribution in [2.75, 3.05) is 11.4 Å². The molecule has 1 aliphatic rings. The topological polar surface area (TPSA) is 46.1 Å².